The Hall–Kier alpha value is -0.680. The van der Waals surface area contributed by atoms with Gasteiger partial charge in [-0.3, -0.25) is 0 Å². The van der Waals surface area contributed by atoms with Crippen molar-refractivity contribution in [2.24, 2.45) is 0 Å². The molecule has 0 aromatic heterocycles. The number of unbranched alkanes of at least 4 members (excludes halogenated alkanes) is 8. The zero-order chi connectivity index (χ0) is 17.7. The minimum atomic E-state index is -4.21. The van der Waals surface area contributed by atoms with Crippen molar-refractivity contribution in [3.05, 3.63) is 35.9 Å². The van der Waals surface area contributed by atoms with E-state index in [0.29, 0.717) is 13.1 Å². The molecule has 0 atom stereocenters. The summed E-state index contributed by atoms with van der Waals surface area (Å²) in [4.78, 5) is 0. The van der Waals surface area contributed by atoms with Crippen molar-refractivity contribution in [3.8, 4) is 0 Å². The molecule has 0 saturated heterocycles. The maximum atomic E-state index is 12.7. The lowest BCUT2D eigenvalue weighted by Gasteiger charge is -2.22. The molecule has 1 nitrogen and oxygen atoms in total. The number of hydrogen-bond donors (Lipinski definition) is 0. The van der Waals surface area contributed by atoms with Gasteiger partial charge in [0.25, 0.3) is 0 Å². The summed E-state index contributed by atoms with van der Waals surface area (Å²) < 4.78 is 39.6. The summed E-state index contributed by atoms with van der Waals surface area (Å²) in [5, 5.41) is 0. The normalized spacial score (nSPS) is 12.0. The van der Waals surface area contributed by atoms with Gasteiger partial charge in [-0.2, -0.15) is 13.2 Å². The van der Waals surface area contributed by atoms with Crippen LogP contribution in [0, 0.1) is 0 Å². The van der Waals surface area contributed by atoms with Gasteiger partial charge in [-0.05, 0) is 12.0 Å². The molecule has 5 heteroatoms. The molecule has 138 valence electrons. The smallest absolute Gasteiger partial charge is 0.239 e. The van der Waals surface area contributed by atoms with Crippen molar-refractivity contribution in [2.45, 2.75) is 76.8 Å². The van der Waals surface area contributed by atoms with E-state index in [9.17, 15) is 13.2 Å². The van der Waals surface area contributed by atoms with Crippen LogP contribution in [0.5, 0.6) is 0 Å². The fourth-order valence-electron chi connectivity index (χ4n) is 2.69. The Balaban J connectivity index is 2.22. The van der Waals surface area contributed by atoms with Gasteiger partial charge < -0.3 is 0 Å². The lowest BCUT2D eigenvalue weighted by Crippen LogP contribution is -2.22. The molecule has 0 saturated carbocycles. The highest BCUT2D eigenvalue weighted by molar-refractivity contribution is 7.97. The molecule has 1 aromatic rings. The molecular weight excluding hydrogens is 331 g/mol. The first-order valence-corrected chi connectivity index (χ1v) is 9.83. The molecule has 0 aliphatic rings. The Kier molecular flexibility index (Phi) is 11.3. The van der Waals surface area contributed by atoms with Crippen molar-refractivity contribution in [2.75, 3.05) is 6.54 Å². The van der Waals surface area contributed by atoms with Crippen molar-refractivity contribution >= 4 is 11.9 Å². The predicted octanol–water partition coefficient (Wildman–Crippen LogP) is 7.19. The second-order valence-corrected chi connectivity index (χ2v) is 7.38. The van der Waals surface area contributed by atoms with Crippen LogP contribution in [0.3, 0.4) is 0 Å². The molecule has 0 heterocycles. The van der Waals surface area contributed by atoms with Crippen LogP contribution in [-0.4, -0.2) is 16.4 Å². The van der Waals surface area contributed by atoms with Crippen LogP contribution in [0.4, 0.5) is 13.2 Å². The third-order valence-electron chi connectivity index (χ3n) is 3.95. The first-order chi connectivity index (χ1) is 11.5. The first-order valence-electron chi connectivity index (χ1n) is 9.06. The molecule has 0 N–H and O–H groups in total. The molecular formula is C19H30F3NS. The molecule has 0 bridgehead atoms. The summed E-state index contributed by atoms with van der Waals surface area (Å²) >= 11 is 0.00741. The fraction of sp³-hybridized carbons (Fsp3) is 0.684. The van der Waals surface area contributed by atoms with E-state index < -0.39 is 5.51 Å². The van der Waals surface area contributed by atoms with Crippen LogP contribution in [0.15, 0.2) is 30.3 Å². The van der Waals surface area contributed by atoms with Crippen LogP contribution in [0.25, 0.3) is 0 Å². The van der Waals surface area contributed by atoms with Gasteiger partial charge in [0.15, 0.2) is 0 Å². The maximum absolute atomic E-state index is 12.7. The Labute approximate surface area is 149 Å². The minimum Gasteiger partial charge on any atom is -0.239 e. The number of hydrogen-bond acceptors (Lipinski definition) is 2. The van der Waals surface area contributed by atoms with Crippen molar-refractivity contribution < 1.29 is 13.2 Å². The summed E-state index contributed by atoms with van der Waals surface area (Å²) in [6, 6.07) is 9.36. The number of halogens is 3. The Morgan fingerprint density at radius 2 is 1.38 bits per heavy atom. The van der Waals surface area contributed by atoms with Gasteiger partial charge in [0.05, 0.1) is 0 Å². The summed E-state index contributed by atoms with van der Waals surface area (Å²) in [6.07, 6.45) is 10.6. The van der Waals surface area contributed by atoms with Crippen LogP contribution >= 0.6 is 11.9 Å². The number of nitrogens with zero attached hydrogens (tertiary/aromatic N) is 1. The van der Waals surface area contributed by atoms with E-state index in [1.165, 1.54) is 42.8 Å². The molecule has 1 aromatic carbocycles. The van der Waals surface area contributed by atoms with Crippen LogP contribution in [0.1, 0.15) is 70.3 Å². The quantitative estimate of drug-likeness (QED) is 0.270. The van der Waals surface area contributed by atoms with E-state index >= 15 is 0 Å². The first kappa shape index (κ1) is 21.4. The number of rotatable bonds is 13. The van der Waals surface area contributed by atoms with Gasteiger partial charge in [0.1, 0.15) is 0 Å². The Morgan fingerprint density at radius 1 is 0.833 bits per heavy atom. The molecule has 0 amide bonds. The monoisotopic (exact) mass is 361 g/mol. The van der Waals surface area contributed by atoms with Gasteiger partial charge in [-0.25, -0.2) is 4.31 Å². The Bertz CT molecular complexity index is 409. The summed E-state index contributed by atoms with van der Waals surface area (Å²) in [7, 11) is 0. The van der Waals surface area contributed by atoms with Crippen molar-refractivity contribution in [3.63, 3.8) is 0 Å². The predicted molar refractivity (Wildman–Crippen MR) is 97.7 cm³/mol. The second kappa shape index (κ2) is 12.6. The fourth-order valence-corrected chi connectivity index (χ4v) is 3.42. The largest absolute Gasteiger partial charge is 0.456 e. The van der Waals surface area contributed by atoms with Gasteiger partial charge in [0, 0.05) is 25.0 Å². The van der Waals surface area contributed by atoms with E-state index in [-0.39, 0.29) is 11.9 Å². The molecule has 0 aliphatic heterocycles. The van der Waals surface area contributed by atoms with Crippen molar-refractivity contribution in [1.82, 2.24) is 4.31 Å². The van der Waals surface area contributed by atoms with Gasteiger partial charge in [0.2, 0.25) is 0 Å². The SMILES string of the molecule is CCCCCCCCCCCN(Cc1ccccc1)SC(F)(F)F. The topological polar surface area (TPSA) is 3.24 Å². The molecule has 0 radical (unpaired) electrons. The van der Waals surface area contributed by atoms with E-state index in [0.717, 1.165) is 24.8 Å². The average molecular weight is 362 g/mol. The van der Waals surface area contributed by atoms with Crippen LogP contribution in [-0.2, 0) is 6.54 Å². The van der Waals surface area contributed by atoms with Crippen LogP contribution < -0.4 is 0 Å². The number of benzene rings is 1. The third kappa shape index (κ3) is 11.8. The minimum absolute atomic E-state index is 0.00741. The Morgan fingerprint density at radius 3 is 1.92 bits per heavy atom. The average Bonchev–Trinajstić information content (AvgIpc) is 2.52. The van der Waals surface area contributed by atoms with Crippen molar-refractivity contribution in [1.29, 1.82) is 0 Å². The van der Waals surface area contributed by atoms with E-state index in [1.807, 2.05) is 30.3 Å². The standard InChI is InChI=1S/C19H30F3NS/c1-2-3-4-5-6-7-8-9-13-16-23(24-19(20,21)22)17-18-14-11-10-12-15-18/h10-12,14-15H,2-9,13,16-17H2,1H3. The van der Waals surface area contributed by atoms with E-state index in [1.54, 1.807) is 0 Å². The van der Waals surface area contributed by atoms with E-state index in [4.69, 9.17) is 0 Å². The molecule has 0 spiro atoms. The van der Waals surface area contributed by atoms with Gasteiger partial charge >= 0.3 is 5.51 Å². The van der Waals surface area contributed by atoms with Gasteiger partial charge in [-0.15, -0.1) is 0 Å². The summed E-state index contributed by atoms with van der Waals surface area (Å²) in [5.74, 6) is 0. The highest BCUT2D eigenvalue weighted by Gasteiger charge is 2.32. The number of alkyl halides is 3. The zero-order valence-corrected chi connectivity index (χ0v) is 15.5. The highest BCUT2D eigenvalue weighted by Crippen LogP contribution is 2.34. The van der Waals surface area contributed by atoms with Gasteiger partial charge in [-0.1, -0.05) is 88.6 Å². The second-order valence-electron chi connectivity index (χ2n) is 6.21. The molecule has 0 aliphatic carbocycles. The zero-order valence-electron chi connectivity index (χ0n) is 14.7. The lowest BCUT2D eigenvalue weighted by molar-refractivity contribution is -0.0364. The van der Waals surface area contributed by atoms with Crippen LogP contribution in [0.2, 0.25) is 0 Å². The highest BCUT2D eigenvalue weighted by atomic mass is 32.2. The maximum Gasteiger partial charge on any atom is 0.456 e. The lowest BCUT2D eigenvalue weighted by atomic mass is 10.1. The third-order valence-corrected chi connectivity index (χ3v) is 4.72. The molecule has 0 unspecified atom stereocenters. The summed E-state index contributed by atoms with van der Waals surface area (Å²) in [5.41, 5.74) is -3.29. The van der Waals surface area contributed by atoms with E-state index in [2.05, 4.69) is 6.92 Å². The molecule has 1 rings (SSSR count). The summed E-state index contributed by atoms with van der Waals surface area (Å²) in [6.45, 7) is 3.02. The molecule has 0 fully saturated rings. The molecule has 24 heavy (non-hydrogen) atoms.